The van der Waals surface area contributed by atoms with Crippen LogP contribution in [0.2, 0.25) is 0 Å². The van der Waals surface area contributed by atoms with Gasteiger partial charge in [-0.1, -0.05) is 47.6 Å². The number of benzene rings is 1. The van der Waals surface area contributed by atoms with Gasteiger partial charge in [0.1, 0.15) is 5.75 Å². The third kappa shape index (κ3) is 3.22. The Kier molecular flexibility index (Phi) is 4.06. The van der Waals surface area contributed by atoms with Crippen molar-refractivity contribution >= 4 is 16.6 Å². The quantitative estimate of drug-likeness (QED) is 0.608. The molecule has 18 heavy (non-hydrogen) atoms. The lowest BCUT2D eigenvalue weighted by atomic mass is 9.79. The van der Waals surface area contributed by atoms with Crippen molar-refractivity contribution in [2.24, 2.45) is 4.66 Å². The van der Waals surface area contributed by atoms with E-state index in [1.807, 2.05) is 6.07 Å². The molecule has 1 rings (SSSR count). The molecule has 0 atom stereocenters. The molecule has 0 aliphatic rings. The number of hydrogen-bond acceptors (Lipinski definition) is 2. The predicted octanol–water partition coefficient (Wildman–Crippen LogP) is 3.49. The molecule has 0 spiro atoms. The predicted molar refractivity (Wildman–Crippen MR) is 78.9 cm³/mol. The van der Waals surface area contributed by atoms with Gasteiger partial charge < -0.3 is 9.76 Å². The van der Waals surface area contributed by atoms with Gasteiger partial charge >= 0.3 is 0 Å². The standard InChI is InChI=1S/C15H22NOSi/c1-14(2,3)11-7-10(9-16-18)13(17)12(8-11)15(4,5)6/h7-9,17H,1-6H3. The number of rotatable bonds is 1. The van der Waals surface area contributed by atoms with Crippen LogP contribution in [0, 0.1) is 0 Å². The van der Waals surface area contributed by atoms with Crippen LogP contribution in [0.15, 0.2) is 16.8 Å². The molecule has 0 aliphatic carbocycles. The molecule has 0 bridgehead atoms. The van der Waals surface area contributed by atoms with Gasteiger partial charge in [-0.15, -0.1) is 0 Å². The van der Waals surface area contributed by atoms with Crippen molar-refractivity contribution in [1.82, 2.24) is 0 Å². The summed E-state index contributed by atoms with van der Waals surface area (Å²) in [5.41, 5.74) is 2.85. The number of phenolic OH excluding ortho intramolecular Hbond substituents is 1. The summed E-state index contributed by atoms with van der Waals surface area (Å²) in [6.45, 7) is 12.8. The first kappa shape index (κ1) is 15.0. The topological polar surface area (TPSA) is 32.6 Å². The molecule has 0 heterocycles. The molecule has 3 radical (unpaired) electrons. The first-order chi connectivity index (χ1) is 8.07. The highest BCUT2D eigenvalue weighted by molar-refractivity contribution is 6.11. The number of nitrogens with zero attached hydrogens (tertiary/aromatic N) is 1. The zero-order valence-electron chi connectivity index (χ0n) is 12.1. The van der Waals surface area contributed by atoms with Gasteiger partial charge in [0.15, 0.2) is 0 Å². The number of hydrogen-bond donors (Lipinski definition) is 1. The molecule has 0 fully saturated rings. The van der Waals surface area contributed by atoms with E-state index in [0.29, 0.717) is 5.75 Å². The Labute approximate surface area is 114 Å². The van der Waals surface area contributed by atoms with Crippen LogP contribution >= 0.6 is 0 Å². The Hall–Kier alpha value is -1.09. The molecule has 0 saturated carbocycles. The number of phenols is 1. The summed E-state index contributed by atoms with van der Waals surface area (Å²) in [6.07, 6.45) is 1.64. The van der Waals surface area contributed by atoms with Gasteiger partial charge in [-0.05, 0) is 22.5 Å². The average Bonchev–Trinajstić information content (AvgIpc) is 2.17. The zero-order chi connectivity index (χ0) is 14.1. The first-order valence-electron chi connectivity index (χ1n) is 6.15. The van der Waals surface area contributed by atoms with E-state index in [-0.39, 0.29) is 10.8 Å². The third-order valence-electron chi connectivity index (χ3n) is 3.02. The van der Waals surface area contributed by atoms with Crippen molar-refractivity contribution in [3.63, 3.8) is 0 Å². The SMILES string of the molecule is CC(C)(C)c1cc(C=N[Si])c(O)c(C(C)(C)C)c1. The Morgan fingerprint density at radius 2 is 1.61 bits per heavy atom. The maximum Gasteiger partial charge on any atom is 0.221 e. The van der Waals surface area contributed by atoms with Gasteiger partial charge in [0.05, 0.1) is 0 Å². The molecule has 97 valence electrons. The van der Waals surface area contributed by atoms with Gasteiger partial charge in [-0.2, -0.15) is 0 Å². The van der Waals surface area contributed by atoms with E-state index >= 15 is 0 Å². The van der Waals surface area contributed by atoms with Crippen molar-refractivity contribution < 1.29 is 5.11 Å². The summed E-state index contributed by atoms with van der Waals surface area (Å²) in [5.74, 6) is 0.317. The summed E-state index contributed by atoms with van der Waals surface area (Å²) in [5, 5.41) is 10.3. The molecular formula is C15H22NOSi. The summed E-state index contributed by atoms with van der Waals surface area (Å²) in [4.78, 5) is 0. The lowest BCUT2D eigenvalue weighted by Crippen LogP contribution is -2.17. The molecule has 1 aromatic rings. The van der Waals surface area contributed by atoms with E-state index < -0.39 is 0 Å². The molecule has 2 nitrogen and oxygen atoms in total. The van der Waals surface area contributed by atoms with Crippen LogP contribution < -0.4 is 0 Å². The fourth-order valence-corrected chi connectivity index (χ4v) is 1.97. The molecule has 1 N–H and O–H groups in total. The third-order valence-corrected chi connectivity index (χ3v) is 3.15. The van der Waals surface area contributed by atoms with Gasteiger partial charge in [-0.25, -0.2) is 0 Å². The van der Waals surface area contributed by atoms with E-state index in [0.717, 1.165) is 11.1 Å². The molecule has 3 heteroatoms. The first-order valence-corrected chi connectivity index (χ1v) is 6.60. The fraction of sp³-hybridized carbons (Fsp3) is 0.533. The second-order valence-corrected chi connectivity index (χ2v) is 6.98. The summed E-state index contributed by atoms with van der Waals surface area (Å²) in [7, 11) is 3.08. The van der Waals surface area contributed by atoms with Crippen LogP contribution in [-0.4, -0.2) is 21.7 Å². The van der Waals surface area contributed by atoms with E-state index in [1.165, 1.54) is 5.56 Å². The highest BCUT2D eigenvalue weighted by atomic mass is 28.2. The van der Waals surface area contributed by atoms with Crippen LogP contribution in [0.1, 0.15) is 58.2 Å². The smallest absolute Gasteiger partial charge is 0.221 e. The maximum absolute atomic E-state index is 10.3. The minimum Gasteiger partial charge on any atom is -0.507 e. The van der Waals surface area contributed by atoms with E-state index in [4.69, 9.17) is 0 Å². The van der Waals surface area contributed by atoms with E-state index in [1.54, 1.807) is 6.21 Å². The van der Waals surface area contributed by atoms with Crippen LogP contribution in [0.25, 0.3) is 0 Å². The Morgan fingerprint density at radius 1 is 1.06 bits per heavy atom. The van der Waals surface area contributed by atoms with E-state index in [9.17, 15) is 5.11 Å². The second-order valence-electron chi connectivity index (χ2n) is 6.72. The number of aromatic hydroxyl groups is 1. The van der Waals surface area contributed by atoms with Gasteiger partial charge in [-0.3, -0.25) is 0 Å². The Morgan fingerprint density at radius 3 is 2.00 bits per heavy atom. The Bertz CT molecular complexity index is 465. The van der Waals surface area contributed by atoms with Gasteiger partial charge in [0.25, 0.3) is 0 Å². The van der Waals surface area contributed by atoms with E-state index in [2.05, 4.69) is 62.7 Å². The summed E-state index contributed by atoms with van der Waals surface area (Å²) >= 11 is 0. The monoisotopic (exact) mass is 260 g/mol. The van der Waals surface area contributed by atoms with Crippen molar-refractivity contribution in [3.05, 3.63) is 28.8 Å². The van der Waals surface area contributed by atoms with Crippen LogP contribution in [-0.2, 0) is 10.8 Å². The van der Waals surface area contributed by atoms with Gasteiger partial charge in [0.2, 0.25) is 10.4 Å². The van der Waals surface area contributed by atoms with Crippen LogP contribution in [0.4, 0.5) is 0 Å². The lowest BCUT2D eigenvalue weighted by Gasteiger charge is -2.26. The minimum absolute atomic E-state index is 0.0437. The molecule has 1 aromatic carbocycles. The summed E-state index contributed by atoms with van der Waals surface area (Å²) < 4.78 is 3.83. The van der Waals surface area contributed by atoms with Crippen LogP contribution in [0.3, 0.4) is 0 Å². The molecule has 0 aliphatic heterocycles. The lowest BCUT2D eigenvalue weighted by molar-refractivity contribution is 0.444. The van der Waals surface area contributed by atoms with Crippen molar-refractivity contribution in [2.75, 3.05) is 0 Å². The zero-order valence-corrected chi connectivity index (χ0v) is 13.1. The second kappa shape index (κ2) is 4.88. The molecule has 0 amide bonds. The van der Waals surface area contributed by atoms with Gasteiger partial charge in [0, 0.05) is 17.3 Å². The molecule has 0 unspecified atom stereocenters. The normalized spacial score (nSPS) is 13.3. The highest BCUT2D eigenvalue weighted by Gasteiger charge is 2.24. The van der Waals surface area contributed by atoms with Crippen LogP contribution in [0.5, 0.6) is 5.75 Å². The fourth-order valence-electron chi connectivity index (χ4n) is 1.83. The van der Waals surface area contributed by atoms with Crippen molar-refractivity contribution in [2.45, 2.75) is 52.4 Å². The highest BCUT2D eigenvalue weighted by Crippen LogP contribution is 2.36. The van der Waals surface area contributed by atoms with Crippen molar-refractivity contribution in [1.29, 1.82) is 0 Å². The average molecular weight is 260 g/mol. The molecule has 0 aromatic heterocycles. The Balaban J connectivity index is 3.57. The largest absolute Gasteiger partial charge is 0.507 e. The maximum atomic E-state index is 10.3. The minimum atomic E-state index is -0.0975. The molecule has 0 saturated heterocycles. The summed E-state index contributed by atoms with van der Waals surface area (Å²) in [6, 6.07) is 4.09. The van der Waals surface area contributed by atoms with Crippen molar-refractivity contribution in [3.8, 4) is 5.75 Å². The molecular weight excluding hydrogens is 238 g/mol.